The van der Waals surface area contributed by atoms with E-state index in [1.54, 1.807) is 14.2 Å². The molecule has 0 heterocycles. The largest absolute Gasteiger partial charge is 0.497 e. The lowest BCUT2D eigenvalue weighted by Crippen LogP contribution is -2.43. The molecule has 0 fully saturated rings. The highest BCUT2D eigenvalue weighted by atomic mass is 28.3. The minimum atomic E-state index is -2.03. The topological polar surface area (TPSA) is 18.5 Å². The summed E-state index contributed by atoms with van der Waals surface area (Å²) in [6.45, 7) is 32.9. The van der Waals surface area contributed by atoms with Crippen molar-refractivity contribution in [3.05, 3.63) is 119 Å². The van der Waals surface area contributed by atoms with Crippen molar-refractivity contribution >= 4 is 16.1 Å². The molecule has 314 valence electrons. The third kappa shape index (κ3) is 9.27. The van der Waals surface area contributed by atoms with Crippen LogP contribution in [0.4, 0.5) is 0 Å². The molecule has 0 atom stereocenters. The number of hydrogen-bond donors (Lipinski definition) is 0. The molecule has 0 aliphatic heterocycles. The van der Waals surface area contributed by atoms with Gasteiger partial charge in [-0.05, 0) is 117 Å². The molecule has 0 amide bonds. The first-order chi connectivity index (χ1) is 28.4. The molecular weight excluding hydrogens is 761 g/mol. The van der Waals surface area contributed by atoms with Crippen molar-refractivity contribution in [3.63, 3.8) is 0 Å². The van der Waals surface area contributed by atoms with Crippen LogP contribution in [0, 0.1) is 36.8 Å². The van der Waals surface area contributed by atoms with E-state index in [9.17, 15) is 0 Å². The molecule has 5 aromatic carbocycles. The maximum absolute atomic E-state index is 5.94. The second kappa shape index (κ2) is 19.3. The van der Waals surface area contributed by atoms with Crippen LogP contribution in [0.1, 0.15) is 105 Å². The maximum atomic E-state index is 5.94. The number of ether oxygens (including phenoxy) is 2. The molecule has 0 saturated heterocycles. The van der Waals surface area contributed by atoms with Crippen molar-refractivity contribution in [2.24, 2.45) is 0 Å². The summed E-state index contributed by atoms with van der Waals surface area (Å²) in [6, 6.07) is 35.4. The lowest BCUT2D eigenvalue weighted by Gasteiger charge is -2.38. The number of methoxy groups -OCH3 is 2. The zero-order valence-corrected chi connectivity index (χ0v) is 41.5. The summed E-state index contributed by atoms with van der Waals surface area (Å²) in [5.74, 6) is 9.30. The molecule has 5 rings (SSSR count). The fraction of sp³-hybridized carbons (Fsp3) is 0.393. The molecule has 0 saturated carbocycles. The molecule has 2 nitrogen and oxygen atoms in total. The molecular formula is C56H70O2Si2. The van der Waals surface area contributed by atoms with Gasteiger partial charge in [0.2, 0.25) is 0 Å². The van der Waals surface area contributed by atoms with Crippen molar-refractivity contribution < 1.29 is 9.47 Å². The Bertz CT molecular complexity index is 2220. The van der Waals surface area contributed by atoms with Gasteiger partial charge < -0.3 is 9.47 Å². The van der Waals surface area contributed by atoms with E-state index in [2.05, 4.69) is 217 Å². The van der Waals surface area contributed by atoms with Crippen LogP contribution in [-0.2, 0) is 0 Å². The Morgan fingerprint density at radius 2 is 0.767 bits per heavy atom. The lowest BCUT2D eigenvalue weighted by molar-refractivity contribution is 0.415. The summed E-state index contributed by atoms with van der Waals surface area (Å²) >= 11 is 0. The molecule has 0 bridgehead atoms. The van der Waals surface area contributed by atoms with Crippen LogP contribution < -0.4 is 9.47 Å². The van der Waals surface area contributed by atoms with E-state index in [4.69, 9.17) is 9.47 Å². The van der Waals surface area contributed by atoms with Crippen molar-refractivity contribution in [1.29, 1.82) is 0 Å². The Labute approximate surface area is 366 Å². The summed E-state index contributed by atoms with van der Waals surface area (Å²) < 4.78 is 11.9. The standard InChI is InChI=1S/C56H70O2Si2/c1-37(2)59(38(3)4,39(5)6)30-28-46-24-26-50(57-15)35-54(46)52-18-17-19-53(56(52)48-22-20-45(21-23-48)49-33-43(13)32-44(14)34-49)55-36-51(58-16)27-25-47(55)29-31-60(40(7)8,41(9)10)42(11)12/h17-27,32-42H,1-16H3. The normalized spacial score (nSPS) is 12.0. The Morgan fingerprint density at radius 3 is 1.12 bits per heavy atom. The van der Waals surface area contributed by atoms with Crippen molar-refractivity contribution in [2.75, 3.05) is 14.2 Å². The van der Waals surface area contributed by atoms with E-state index in [1.807, 2.05) is 0 Å². The average Bonchev–Trinajstić information content (AvgIpc) is 3.20. The highest BCUT2D eigenvalue weighted by molar-refractivity contribution is 6.91. The first kappa shape index (κ1) is 46.3. The van der Waals surface area contributed by atoms with Crippen molar-refractivity contribution in [1.82, 2.24) is 0 Å². The minimum Gasteiger partial charge on any atom is -0.497 e. The van der Waals surface area contributed by atoms with E-state index in [0.717, 1.165) is 56.0 Å². The third-order valence-corrected chi connectivity index (χ3v) is 26.0. The van der Waals surface area contributed by atoms with Crippen LogP contribution in [0.15, 0.2) is 97.1 Å². The van der Waals surface area contributed by atoms with E-state index in [-0.39, 0.29) is 0 Å². The molecule has 0 aromatic heterocycles. The van der Waals surface area contributed by atoms with Gasteiger partial charge in [0, 0.05) is 22.3 Å². The zero-order chi connectivity index (χ0) is 44.1. The SMILES string of the molecule is COc1ccc(C#C[Si](C(C)C)(C(C)C)C(C)C)c(-c2cccc(-c3cc(OC)ccc3C#C[Si](C(C)C)(C(C)C)C(C)C)c2-c2ccc(-c3cc(C)cc(C)c3)cc2)c1. The molecule has 0 N–H and O–H groups in total. The lowest BCUT2D eigenvalue weighted by atomic mass is 9.84. The number of rotatable bonds is 12. The monoisotopic (exact) mass is 830 g/mol. The van der Waals surface area contributed by atoms with Gasteiger partial charge in [-0.3, -0.25) is 0 Å². The Balaban J connectivity index is 1.90. The fourth-order valence-electron chi connectivity index (χ4n) is 10.5. The first-order valence-electron chi connectivity index (χ1n) is 22.2. The number of benzene rings is 5. The van der Waals surface area contributed by atoms with Gasteiger partial charge in [-0.15, -0.1) is 11.1 Å². The van der Waals surface area contributed by atoms with E-state index in [0.29, 0.717) is 33.2 Å². The van der Waals surface area contributed by atoms with Crippen LogP contribution >= 0.6 is 0 Å². The predicted octanol–water partition coefficient (Wildman–Crippen LogP) is 16.1. The molecule has 0 unspecified atom stereocenters. The van der Waals surface area contributed by atoms with Gasteiger partial charge in [0.1, 0.15) is 27.6 Å². The molecule has 60 heavy (non-hydrogen) atoms. The second-order valence-corrected chi connectivity index (χ2v) is 30.0. The van der Waals surface area contributed by atoms with Gasteiger partial charge in [-0.2, -0.15) is 0 Å². The highest BCUT2D eigenvalue weighted by Crippen LogP contribution is 2.46. The van der Waals surface area contributed by atoms with Crippen LogP contribution in [0.5, 0.6) is 11.5 Å². The molecule has 0 aliphatic carbocycles. The zero-order valence-electron chi connectivity index (χ0n) is 39.5. The molecule has 4 heteroatoms. The smallest absolute Gasteiger partial charge is 0.146 e. The van der Waals surface area contributed by atoms with E-state index >= 15 is 0 Å². The average molecular weight is 831 g/mol. The summed E-state index contributed by atoms with van der Waals surface area (Å²) in [5, 5.41) is 0. The van der Waals surface area contributed by atoms with Crippen LogP contribution in [0.2, 0.25) is 33.2 Å². The Morgan fingerprint density at radius 1 is 0.400 bits per heavy atom. The fourth-order valence-corrected chi connectivity index (χ4v) is 20.9. The van der Waals surface area contributed by atoms with E-state index < -0.39 is 16.1 Å². The van der Waals surface area contributed by atoms with Gasteiger partial charge in [-0.25, -0.2) is 0 Å². The van der Waals surface area contributed by atoms with Crippen LogP contribution in [-0.4, -0.2) is 30.4 Å². The van der Waals surface area contributed by atoms with Gasteiger partial charge in [-0.1, -0.05) is 167 Å². The van der Waals surface area contributed by atoms with E-state index in [1.165, 1.54) is 22.3 Å². The summed E-state index contributed by atoms with van der Waals surface area (Å²) in [6.07, 6.45) is 0. The second-order valence-electron chi connectivity index (χ2n) is 18.8. The minimum absolute atomic E-state index is 0.526. The predicted molar refractivity (Wildman–Crippen MR) is 267 cm³/mol. The molecule has 0 spiro atoms. The number of aryl methyl sites for hydroxylation is 2. The third-order valence-electron chi connectivity index (χ3n) is 13.4. The van der Waals surface area contributed by atoms with Gasteiger partial charge in [0.25, 0.3) is 0 Å². The summed E-state index contributed by atoms with van der Waals surface area (Å²) in [7, 11) is -0.563. The Kier molecular flexibility index (Phi) is 14.9. The molecule has 5 aromatic rings. The Hall–Kier alpha value is -4.75. The molecule has 0 aliphatic rings. The maximum Gasteiger partial charge on any atom is 0.146 e. The van der Waals surface area contributed by atoms with Gasteiger partial charge >= 0.3 is 0 Å². The van der Waals surface area contributed by atoms with Gasteiger partial charge in [0.15, 0.2) is 0 Å². The first-order valence-corrected chi connectivity index (χ1v) is 26.6. The highest BCUT2D eigenvalue weighted by Gasteiger charge is 2.42. The van der Waals surface area contributed by atoms with Crippen LogP contribution in [0.25, 0.3) is 44.5 Å². The molecule has 0 radical (unpaired) electrons. The summed E-state index contributed by atoms with van der Waals surface area (Å²) in [5.41, 5.74) is 24.8. The number of hydrogen-bond acceptors (Lipinski definition) is 2. The van der Waals surface area contributed by atoms with Gasteiger partial charge in [0.05, 0.1) is 14.2 Å². The summed E-state index contributed by atoms with van der Waals surface area (Å²) in [4.78, 5) is 0. The van der Waals surface area contributed by atoms with Crippen molar-refractivity contribution in [3.8, 4) is 78.9 Å². The van der Waals surface area contributed by atoms with Crippen molar-refractivity contribution in [2.45, 2.75) is 130 Å². The van der Waals surface area contributed by atoms with Crippen LogP contribution in [0.3, 0.4) is 0 Å². The quantitative estimate of drug-likeness (QED) is 0.0921.